The monoisotopic (exact) mass is 346 g/mol. The van der Waals surface area contributed by atoms with Crippen molar-refractivity contribution >= 4 is 11.8 Å². The van der Waals surface area contributed by atoms with Crippen LogP contribution >= 0.6 is 0 Å². The highest BCUT2D eigenvalue weighted by Crippen LogP contribution is 2.23. The molecule has 0 saturated carbocycles. The van der Waals surface area contributed by atoms with Crippen molar-refractivity contribution in [1.82, 2.24) is 25.2 Å². The summed E-state index contributed by atoms with van der Waals surface area (Å²) in [6, 6.07) is 1.98. The first kappa shape index (κ1) is 17.6. The minimum atomic E-state index is -0.143. The van der Waals surface area contributed by atoms with Gasteiger partial charge in [0, 0.05) is 30.4 Å². The summed E-state index contributed by atoms with van der Waals surface area (Å²) in [6.45, 7) is 9.15. The number of anilines is 1. The van der Waals surface area contributed by atoms with Gasteiger partial charge in [0.05, 0.1) is 18.8 Å². The second-order valence-electron chi connectivity index (χ2n) is 7.47. The van der Waals surface area contributed by atoms with Gasteiger partial charge in [-0.3, -0.25) is 10.1 Å². The van der Waals surface area contributed by atoms with Gasteiger partial charge < -0.3 is 9.84 Å². The maximum absolute atomic E-state index is 12.1. The van der Waals surface area contributed by atoms with Crippen LogP contribution in [0.4, 0.5) is 5.88 Å². The molecule has 0 spiro atoms. The molecule has 0 fully saturated rings. The number of amides is 1. The first-order valence-electron chi connectivity index (χ1n) is 8.78. The molecule has 1 aliphatic heterocycles. The summed E-state index contributed by atoms with van der Waals surface area (Å²) in [5.41, 5.74) is 0.702. The standard InChI is InChI=1S/C17H26N6O2/c1-5-13-19-14-7-6-11(10-23(14)21-13)18-9-15(24)20-16-8-12(22-25-16)17(2,3)4/h8,11,18H,5-7,9-10H2,1-4H3,(H,20,24)/t11-/m0/s1. The van der Waals surface area contributed by atoms with Crippen molar-refractivity contribution in [1.29, 1.82) is 0 Å². The van der Waals surface area contributed by atoms with E-state index in [9.17, 15) is 4.79 Å². The maximum Gasteiger partial charge on any atom is 0.240 e. The number of carbonyl (C=O) groups is 1. The van der Waals surface area contributed by atoms with E-state index in [1.807, 2.05) is 25.5 Å². The molecule has 2 N–H and O–H groups in total. The van der Waals surface area contributed by atoms with Gasteiger partial charge in [0.1, 0.15) is 5.82 Å². The van der Waals surface area contributed by atoms with E-state index in [-0.39, 0.29) is 23.9 Å². The molecule has 2 aromatic heterocycles. The Kier molecular flexibility index (Phi) is 4.89. The molecule has 3 rings (SSSR count). The van der Waals surface area contributed by atoms with Gasteiger partial charge in [0.25, 0.3) is 0 Å². The average molecular weight is 346 g/mol. The van der Waals surface area contributed by atoms with E-state index < -0.39 is 0 Å². The fraction of sp³-hybridized carbons (Fsp3) is 0.647. The fourth-order valence-electron chi connectivity index (χ4n) is 2.78. The predicted octanol–water partition coefficient (Wildman–Crippen LogP) is 1.67. The lowest BCUT2D eigenvalue weighted by Crippen LogP contribution is -2.41. The highest BCUT2D eigenvalue weighted by molar-refractivity contribution is 5.91. The van der Waals surface area contributed by atoms with Crippen molar-refractivity contribution in [3.63, 3.8) is 0 Å². The first-order chi connectivity index (χ1) is 11.8. The molecule has 0 aliphatic carbocycles. The summed E-state index contributed by atoms with van der Waals surface area (Å²) in [7, 11) is 0. The summed E-state index contributed by atoms with van der Waals surface area (Å²) in [4.78, 5) is 16.6. The van der Waals surface area contributed by atoms with E-state index in [4.69, 9.17) is 4.52 Å². The van der Waals surface area contributed by atoms with Gasteiger partial charge in [0.15, 0.2) is 5.82 Å². The normalized spacial score (nSPS) is 17.4. The van der Waals surface area contributed by atoms with Gasteiger partial charge in [0.2, 0.25) is 11.8 Å². The maximum atomic E-state index is 12.1. The van der Waals surface area contributed by atoms with Gasteiger partial charge in [-0.05, 0) is 6.42 Å². The summed E-state index contributed by atoms with van der Waals surface area (Å²) in [5.74, 6) is 2.16. The Hall–Kier alpha value is -2.22. The Bertz CT molecular complexity index is 743. The number of fused-ring (bicyclic) bond motifs is 1. The Morgan fingerprint density at radius 1 is 1.44 bits per heavy atom. The van der Waals surface area contributed by atoms with Crippen LogP contribution in [0.15, 0.2) is 10.6 Å². The molecule has 0 aromatic carbocycles. The Morgan fingerprint density at radius 2 is 2.24 bits per heavy atom. The van der Waals surface area contributed by atoms with Crippen molar-refractivity contribution in [3.05, 3.63) is 23.4 Å². The molecule has 2 aromatic rings. The molecule has 1 amide bonds. The number of aryl methyl sites for hydroxylation is 2. The number of rotatable bonds is 5. The quantitative estimate of drug-likeness (QED) is 0.854. The predicted molar refractivity (Wildman–Crippen MR) is 93.3 cm³/mol. The number of nitrogens with one attached hydrogen (secondary N) is 2. The van der Waals surface area contributed by atoms with E-state index in [0.717, 1.165) is 43.1 Å². The number of nitrogens with zero attached hydrogens (tertiary/aromatic N) is 4. The third kappa shape index (κ3) is 4.25. The molecule has 3 heterocycles. The first-order valence-corrected chi connectivity index (χ1v) is 8.78. The zero-order valence-corrected chi connectivity index (χ0v) is 15.3. The molecule has 8 nitrogen and oxygen atoms in total. The highest BCUT2D eigenvalue weighted by atomic mass is 16.5. The third-order valence-corrected chi connectivity index (χ3v) is 4.31. The molecular formula is C17H26N6O2. The third-order valence-electron chi connectivity index (χ3n) is 4.31. The van der Waals surface area contributed by atoms with Crippen LogP contribution in [0.5, 0.6) is 0 Å². The largest absolute Gasteiger partial charge is 0.338 e. The minimum Gasteiger partial charge on any atom is -0.338 e. The summed E-state index contributed by atoms with van der Waals surface area (Å²) >= 11 is 0. The van der Waals surface area contributed by atoms with Crippen LogP contribution in [-0.2, 0) is 29.6 Å². The van der Waals surface area contributed by atoms with E-state index in [1.165, 1.54) is 0 Å². The lowest BCUT2D eigenvalue weighted by atomic mass is 9.92. The number of aromatic nitrogens is 4. The van der Waals surface area contributed by atoms with Crippen LogP contribution in [0.2, 0.25) is 0 Å². The minimum absolute atomic E-state index is 0.111. The second kappa shape index (κ2) is 6.95. The van der Waals surface area contributed by atoms with Crippen molar-refractivity contribution < 1.29 is 9.32 Å². The summed E-state index contributed by atoms with van der Waals surface area (Å²) in [6.07, 6.45) is 2.67. The van der Waals surface area contributed by atoms with Gasteiger partial charge in [-0.25, -0.2) is 9.67 Å². The van der Waals surface area contributed by atoms with Gasteiger partial charge in [-0.15, -0.1) is 0 Å². The van der Waals surface area contributed by atoms with Crippen LogP contribution in [0.25, 0.3) is 0 Å². The van der Waals surface area contributed by atoms with Crippen LogP contribution in [-0.4, -0.2) is 38.4 Å². The van der Waals surface area contributed by atoms with Gasteiger partial charge >= 0.3 is 0 Å². The zero-order valence-electron chi connectivity index (χ0n) is 15.3. The van der Waals surface area contributed by atoms with Crippen LogP contribution < -0.4 is 10.6 Å². The number of carbonyl (C=O) groups excluding carboxylic acids is 1. The van der Waals surface area contributed by atoms with Gasteiger partial charge in [-0.2, -0.15) is 5.10 Å². The Balaban J connectivity index is 1.49. The van der Waals surface area contributed by atoms with E-state index in [2.05, 4.69) is 32.8 Å². The SMILES string of the molecule is CCc1nc2n(n1)C[C@@H](NCC(=O)Nc1cc(C(C)(C)C)no1)CC2. The Labute approximate surface area is 147 Å². The molecule has 8 heteroatoms. The molecule has 1 atom stereocenters. The van der Waals surface area contributed by atoms with Crippen molar-refractivity contribution in [2.45, 2.75) is 65.0 Å². The smallest absolute Gasteiger partial charge is 0.240 e. The molecule has 25 heavy (non-hydrogen) atoms. The Morgan fingerprint density at radius 3 is 2.92 bits per heavy atom. The summed E-state index contributed by atoms with van der Waals surface area (Å²) < 4.78 is 7.13. The molecule has 0 bridgehead atoms. The molecule has 0 radical (unpaired) electrons. The van der Waals surface area contributed by atoms with Gasteiger partial charge in [-0.1, -0.05) is 32.9 Å². The van der Waals surface area contributed by atoms with Crippen LogP contribution in [0, 0.1) is 0 Å². The number of hydrogen-bond acceptors (Lipinski definition) is 6. The molecule has 1 aliphatic rings. The van der Waals surface area contributed by atoms with E-state index in [1.54, 1.807) is 6.07 Å². The van der Waals surface area contributed by atoms with Crippen molar-refractivity contribution in [3.8, 4) is 0 Å². The van der Waals surface area contributed by atoms with Crippen LogP contribution in [0.1, 0.15) is 51.5 Å². The van der Waals surface area contributed by atoms with E-state index >= 15 is 0 Å². The lowest BCUT2D eigenvalue weighted by Gasteiger charge is -2.23. The molecular weight excluding hydrogens is 320 g/mol. The molecule has 0 unspecified atom stereocenters. The van der Waals surface area contributed by atoms with Crippen molar-refractivity contribution in [2.24, 2.45) is 0 Å². The molecule has 136 valence electrons. The van der Waals surface area contributed by atoms with Crippen molar-refractivity contribution in [2.75, 3.05) is 11.9 Å². The lowest BCUT2D eigenvalue weighted by molar-refractivity contribution is -0.115. The fourth-order valence-corrected chi connectivity index (χ4v) is 2.78. The topological polar surface area (TPSA) is 97.9 Å². The number of hydrogen-bond donors (Lipinski definition) is 2. The highest BCUT2D eigenvalue weighted by Gasteiger charge is 2.22. The van der Waals surface area contributed by atoms with Crippen LogP contribution in [0.3, 0.4) is 0 Å². The molecule has 0 saturated heterocycles. The summed E-state index contributed by atoms with van der Waals surface area (Å²) in [5, 5.41) is 14.5. The van der Waals surface area contributed by atoms with E-state index in [0.29, 0.717) is 5.88 Å². The average Bonchev–Trinajstić information content (AvgIpc) is 3.18. The second-order valence-corrected chi connectivity index (χ2v) is 7.47. The zero-order chi connectivity index (χ0) is 18.0.